The fraction of sp³-hybridized carbons (Fsp3) is 0.158. The van der Waals surface area contributed by atoms with E-state index in [1.54, 1.807) is 44.6 Å². The van der Waals surface area contributed by atoms with Crippen molar-refractivity contribution in [3.8, 4) is 17.6 Å². The number of rotatable bonds is 6. The first kappa shape index (κ1) is 17.1. The molecule has 0 aliphatic heterocycles. The van der Waals surface area contributed by atoms with Crippen LogP contribution in [-0.4, -0.2) is 20.1 Å². The number of amides is 1. The molecule has 0 spiro atoms. The number of carbonyl (C=O) groups is 1. The average Bonchev–Trinajstić information content (AvgIpc) is 2.65. The molecule has 0 heterocycles. The number of nitrogens with one attached hydrogen (secondary N) is 1. The van der Waals surface area contributed by atoms with Crippen LogP contribution in [0.15, 0.2) is 54.1 Å². The van der Waals surface area contributed by atoms with Gasteiger partial charge in [-0.3, -0.25) is 4.79 Å². The van der Waals surface area contributed by atoms with Gasteiger partial charge < -0.3 is 14.8 Å². The Labute approximate surface area is 141 Å². The molecule has 0 radical (unpaired) electrons. The maximum absolute atomic E-state index is 12.1. The molecule has 122 valence electrons. The SMILES string of the molecule is COc1ccc(/C=C(/C#N)C(=O)NCc2ccc(OC)cc2)cc1. The Balaban J connectivity index is 2.02. The lowest BCUT2D eigenvalue weighted by Gasteiger charge is -2.06. The summed E-state index contributed by atoms with van der Waals surface area (Å²) in [7, 11) is 3.18. The van der Waals surface area contributed by atoms with Gasteiger partial charge in [0.15, 0.2) is 0 Å². The van der Waals surface area contributed by atoms with E-state index < -0.39 is 5.91 Å². The van der Waals surface area contributed by atoms with E-state index in [4.69, 9.17) is 9.47 Å². The van der Waals surface area contributed by atoms with E-state index in [9.17, 15) is 10.1 Å². The number of nitriles is 1. The molecule has 5 nitrogen and oxygen atoms in total. The lowest BCUT2D eigenvalue weighted by atomic mass is 10.1. The molecule has 5 heteroatoms. The van der Waals surface area contributed by atoms with E-state index in [1.807, 2.05) is 30.3 Å². The first-order valence-corrected chi connectivity index (χ1v) is 7.33. The van der Waals surface area contributed by atoms with E-state index in [-0.39, 0.29) is 5.57 Å². The van der Waals surface area contributed by atoms with Crippen LogP contribution in [-0.2, 0) is 11.3 Å². The number of benzene rings is 2. The van der Waals surface area contributed by atoms with Crippen LogP contribution in [0.3, 0.4) is 0 Å². The van der Waals surface area contributed by atoms with Crippen molar-refractivity contribution in [1.29, 1.82) is 5.26 Å². The summed E-state index contributed by atoms with van der Waals surface area (Å²) < 4.78 is 10.2. The van der Waals surface area contributed by atoms with Gasteiger partial charge in [-0.05, 0) is 41.5 Å². The summed E-state index contributed by atoms with van der Waals surface area (Å²) in [5, 5.41) is 11.9. The summed E-state index contributed by atoms with van der Waals surface area (Å²) in [6.45, 7) is 0.338. The molecule has 0 aromatic heterocycles. The topological polar surface area (TPSA) is 71.3 Å². The van der Waals surface area contributed by atoms with Gasteiger partial charge in [0.1, 0.15) is 23.1 Å². The molecule has 2 rings (SSSR count). The first-order chi connectivity index (χ1) is 11.7. The summed E-state index contributed by atoms with van der Waals surface area (Å²) in [4.78, 5) is 12.1. The lowest BCUT2D eigenvalue weighted by Crippen LogP contribution is -2.23. The molecular formula is C19H18N2O3. The quantitative estimate of drug-likeness (QED) is 0.655. The van der Waals surface area contributed by atoms with Crippen molar-refractivity contribution < 1.29 is 14.3 Å². The van der Waals surface area contributed by atoms with E-state index in [0.29, 0.717) is 6.54 Å². The zero-order chi connectivity index (χ0) is 17.4. The molecule has 0 aliphatic rings. The summed E-state index contributed by atoms with van der Waals surface area (Å²) in [6.07, 6.45) is 1.54. The van der Waals surface area contributed by atoms with Crippen molar-refractivity contribution in [2.75, 3.05) is 14.2 Å². The number of hydrogen-bond acceptors (Lipinski definition) is 4. The maximum atomic E-state index is 12.1. The molecule has 0 unspecified atom stereocenters. The molecule has 1 N–H and O–H groups in total. The normalized spacial score (nSPS) is 10.6. The molecular weight excluding hydrogens is 304 g/mol. The van der Waals surface area contributed by atoms with Gasteiger partial charge in [-0.1, -0.05) is 24.3 Å². The standard InChI is InChI=1S/C19H18N2O3/c1-23-17-7-3-14(4-8-17)11-16(12-20)19(22)21-13-15-5-9-18(24-2)10-6-15/h3-11H,13H2,1-2H3,(H,21,22)/b16-11-. The Hall–Kier alpha value is -3.26. The van der Waals surface area contributed by atoms with Gasteiger partial charge in [0.25, 0.3) is 5.91 Å². The van der Waals surface area contributed by atoms with Crippen molar-refractivity contribution in [3.63, 3.8) is 0 Å². The largest absolute Gasteiger partial charge is 0.497 e. The van der Waals surface area contributed by atoms with E-state index in [1.165, 1.54) is 0 Å². The second kappa shape index (κ2) is 8.39. The van der Waals surface area contributed by atoms with Crippen LogP contribution in [0.25, 0.3) is 6.08 Å². The number of methoxy groups -OCH3 is 2. The Kier molecular flexibility index (Phi) is 5.98. The van der Waals surface area contributed by atoms with Gasteiger partial charge in [0.2, 0.25) is 0 Å². The fourth-order valence-corrected chi connectivity index (χ4v) is 2.04. The van der Waals surface area contributed by atoms with Gasteiger partial charge in [0.05, 0.1) is 14.2 Å². The number of ether oxygens (including phenoxy) is 2. The summed E-state index contributed by atoms with van der Waals surface area (Å²) in [5.74, 6) is 1.06. The van der Waals surface area contributed by atoms with Crippen LogP contribution in [0.2, 0.25) is 0 Å². The van der Waals surface area contributed by atoms with Gasteiger partial charge in [-0.25, -0.2) is 0 Å². The summed E-state index contributed by atoms with van der Waals surface area (Å²) in [5.41, 5.74) is 1.73. The Bertz CT molecular complexity index is 757. The molecule has 2 aromatic carbocycles. The molecule has 0 bridgehead atoms. The van der Waals surface area contributed by atoms with Gasteiger partial charge in [-0.2, -0.15) is 5.26 Å². The van der Waals surface area contributed by atoms with Crippen molar-refractivity contribution in [3.05, 3.63) is 65.2 Å². The lowest BCUT2D eigenvalue weighted by molar-refractivity contribution is -0.117. The van der Waals surface area contributed by atoms with Gasteiger partial charge in [-0.15, -0.1) is 0 Å². The molecule has 0 saturated carbocycles. The summed E-state index contributed by atoms with van der Waals surface area (Å²) in [6, 6.07) is 16.4. The van der Waals surface area contributed by atoms with Crippen molar-refractivity contribution in [2.24, 2.45) is 0 Å². The number of nitrogens with zero attached hydrogens (tertiary/aromatic N) is 1. The minimum Gasteiger partial charge on any atom is -0.497 e. The van der Waals surface area contributed by atoms with E-state index >= 15 is 0 Å². The fourth-order valence-electron chi connectivity index (χ4n) is 2.04. The predicted molar refractivity (Wildman–Crippen MR) is 91.4 cm³/mol. The minimum absolute atomic E-state index is 0.0497. The third-order valence-corrected chi connectivity index (χ3v) is 3.40. The predicted octanol–water partition coefficient (Wildman–Crippen LogP) is 2.93. The van der Waals surface area contributed by atoms with Crippen LogP contribution in [0.5, 0.6) is 11.5 Å². The second-order valence-corrected chi connectivity index (χ2v) is 4.97. The van der Waals surface area contributed by atoms with Crippen molar-refractivity contribution >= 4 is 12.0 Å². The third kappa shape index (κ3) is 4.62. The van der Waals surface area contributed by atoms with Crippen LogP contribution in [0, 0.1) is 11.3 Å². The molecule has 0 fully saturated rings. The Morgan fingerprint density at radius 1 is 1.04 bits per heavy atom. The number of hydrogen-bond donors (Lipinski definition) is 1. The average molecular weight is 322 g/mol. The highest BCUT2D eigenvalue weighted by Crippen LogP contribution is 2.14. The Morgan fingerprint density at radius 2 is 1.58 bits per heavy atom. The monoisotopic (exact) mass is 322 g/mol. The van der Waals surface area contributed by atoms with Gasteiger partial charge >= 0.3 is 0 Å². The van der Waals surface area contributed by atoms with E-state index in [0.717, 1.165) is 22.6 Å². The molecule has 0 aliphatic carbocycles. The molecule has 1 amide bonds. The number of carbonyl (C=O) groups excluding carboxylic acids is 1. The molecule has 2 aromatic rings. The summed E-state index contributed by atoms with van der Waals surface area (Å²) >= 11 is 0. The van der Waals surface area contributed by atoms with Crippen molar-refractivity contribution in [2.45, 2.75) is 6.54 Å². The molecule has 24 heavy (non-hydrogen) atoms. The van der Waals surface area contributed by atoms with Crippen LogP contribution < -0.4 is 14.8 Å². The molecule has 0 saturated heterocycles. The highest BCUT2D eigenvalue weighted by atomic mass is 16.5. The zero-order valence-corrected chi connectivity index (χ0v) is 13.6. The third-order valence-electron chi connectivity index (χ3n) is 3.40. The smallest absolute Gasteiger partial charge is 0.262 e. The molecule has 0 atom stereocenters. The van der Waals surface area contributed by atoms with Crippen LogP contribution in [0.1, 0.15) is 11.1 Å². The first-order valence-electron chi connectivity index (χ1n) is 7.33. The Morgan fingerprint density at radius 3 is 2.08 bits per heavy atom. The highest BCUT2D eigenvalue weighted by Gasteiger charge is 2.09. The van der Waals surface area contributed by atoms with Crippen molar-refractivity contribution in [1.82, 2.24) is 5.32 Å². The highest BCUT2D eigenvalue weighted by molar-refractivity contribution is 6.01. The minimum atomic E-state index is -0.413. The van der Waals surface area contributed by atoms with Crippen LogP contribution in [0.4, 0.5) is 0 Å². The van der Waals surface area contributed by atoms with Gasteiger partial charge in [0, 0.05) is 6.54 Å². The maximum Gasteiger partial charge on any atom is 0.262 e. The second-order valence-electron chi connectivity index (χ2n) is 4.97. The van der Waals surface area contributed by atoms with E-state index in [2.05, 4.69) is 5.32 Å². The van der Waals surface area contributed by atoms with Crippen LogP contribution >= 0.6 is 0 Å². The zero-order valence-electron chi connectivity index (χ0n) is 13.6.